The Kier molecular flexibility index (Phi) is 3.73. The van der Waals surface area contributed by atoms with Crippen LogP contribution in [-0.2, 0) is 9.47 Å². The predicted molar refractivity (Wildman–Crippen MR) is 50.9 cm³/mol. The Balaban J connectivity index is 2.17. The summed E-state index contributed by atoms with van der Waals surface area (Å²) in [6.07, 6.45) is -0.149. The summed E-state index contributed by atoms with van der Waals surface area (Å²) in [5, 5.41) is 0. The molecule has 1 aliphatic rings. The summed E-state index contributed by atoms with van der Waals surface area (Å²) in [5.41, 5.74) is 5.71. The highest BCUT2D eigenvalue weighted by atomic mass is 16.8. The number of epoxide rings is 1. The van der Waals surface area contributed by atoms with Crippen molar-refractivity contribution in [1.82, 2.24) is 0 Å². The van der Waals surface area contributed by atoms with Crippen molar-refractivity contribution in [3.63, 3.8) is 0 Å². The topological polar surface area (TPSA) is 47.8 Å². The van der Waals surface area contributed by atoms with Crippen LogP contribution in [0.3, 0.4) is 0 Å². The Bertz CT molecular complexity index is 217. The summed E-state index contributed by atoms with van der Waals surface area (Å²) in [6, 6.07) is -0.206. The van der Waals surface area contributed by atoms with Gasteiger partial charge in [0, 0.05) is 0 Å². The molecule has 0 radical (unpaired) electrons. The van der Waals surface area contributed by atoms with E-state index in [1.165, 1.54) is 0 Å². The van der Waals surface area contributed by atoms with Crippen LogP contribution in [-0.4, -0.2) is 25.0 Å². The Morgan fingerprint density at radius 2 is 2.23 bits per heavy atom. The summed E-state index contributed by atoms with van der Waals surface area (Å²) in [4.78, 5) is 0. The molecule has 3 atom stereocenters. The highest BCUT2D eigenvalue weighted by Crippen LogP contribution is 2.25. The molecule has 1 aliphatic heterocycles. The largest absolute Gasteiger partial charge is 0.350 e. The van der Waals surface area contributed by atoms with Gasteiger partial charge in [0.05, 0.1) is 12.6 Å². The van der Waals surface area contributed by atoms with Crippen LogP contribution < -0.4 is 5.73 Å². The average molecular weight is 183 g/mol. The van der Waals surface area contributed by atoms with Gasteiger partial charge >= 0.3 is 0 Å². The van der Waals surface area contributed by atoms with E-state index in [0.717, 1.165) is 0 Å². The van der Waals surface area contributed by atoms with Crippen molar-refractivity contribution >= 4 is 0 Å². The minimum absolute atomic E-state index is 0.0220. The van der Waals surface area contributed by atoms with Gasteiger partial charge in [0.25, 0.3) is 0 Å². The fraction of sp³-hybridized carbons (Fsp3) is 0.800. The minimum Gasteiger partial charge on any atom is -0.350 e. The first-order valence-electron chi connectivity index (χ1n) is 4.60. The predicted octanol–water partition coefficient (Wildman–Crippen LogP) is 0.734. The van der Waals surface area contributed by atoms with Crippen molar-refractivity contribution in [3.8, 4) is 11.8 Å². The third-order valence-electron chi connectivity index (χ3n) is 1.74. The molecule has 1 heterocycles. The van der Waals surface area contributed by atoms with Crippen LogP contribution >= 0.6 is 0 Å². The molecule has 0 aromatic rings. The maximum absolute atomic E-state index is 5.71. The fourth-order valence-corrected chi connectivity index (χ4v) is 1.03. The molecule has 2 N–H and O–H groups in total. The van der Waals surface area contributed by atoms with Crippen LogP contribution in [0.4, 0.5) is 0 Å². The van der Waals surface area contributed by atoms with Gasteiger partial charge in [-0.25, -0.2) is 0 Å². The first-order valence-corrected chi connectivity index (χ1v) is 4.60. The molecule has 0 aromatic heterocycles. The highest BCUT2D eigenvalue weighted by Gasteiger charge is 2.44. The van der Waals surface area contributed by atoms with E-state index < -0.39 is 0 Å². The normalized spacial score (nSPS) is 28.1. The molecule has 13 heavy (non-hydrogen) atoms. The molecule has 1 rings (SSSR count). The number of rotatable bonds is 4. The molecule has 0 aromatic carbocycles. The van der Waals surface area contributed by atoms with E-state index in [2.05, 4.69) is 25.7 Å². The third-order valence-corrected chi connectivity index (χ3v) is 1.74. The molecule has 3 heteroatoms. The Morgan fingerprint density at radius 1 is 1.54 bits per heavy atom. The fourth-order valence-electron chi connectivity index (χ4n) is 1.03. The lowest BCUT2D eigenvalue weighted by Gasteiger charge is -2.03. The lowest BCUT2D eigenvalue weighted by Crippen LogP contribution is -2.26. The summed E-state index contributed by atoms with van der Waals surface area (Å²) < 4.78 is 10.7. The zero-order valence-electron chi connectivity index (χ0n) is 8.41. The molecule has 0 bridgehead atoms. The van der Waals surface area contributed by atoms with Gasteiger partial charge in [0.1, 0.15) is 6.10 Å². The smallest absolute Gasteiger partial charge is 0.187 e. The second-order valence-electron chi connectivity index (χ2n) is 3.62. The van der Waals surface area contributed by atoms with Crippen molar-refractivity contribution < 1.29 is 9.47 Å². The first-order chi connectivity index (χ1) is 6.15. The molecule has 0 saturated carbocycles. The second kappa shape index (κ2) is 4.61. The molecule has 3 nitrogen and oxygen atoms in total. The van der Waals surface area contributed by atoms with Crippen LogP contribution in [0.25, 0.3) is 0 Å². The molecule has 2 unspecified atom stereocenters. The standard InChI is InChI=1S/C10H17NO2/c1-4-5-8(11)9-10(13-9)12-6-7(2)3/h7-10H,6,11H2,1-3H3/t8-,9?,10?/m0/s1. The molecular weight excluding hydrogens is 166 g/mol. The molecule has 74 valence electrons. The van der Waals surface area contributed by atoms with Crippen molar-refractivity contribution in [2.75, 3.05) is 6.61 Å². The van der Waals surface area contributed by atoms with Crippen LogP contribution in [0.5, 0.6) is 0 Å². The monoisotopic (exact) mass is 183 g/mol. The molecule has 1 fully saturated rings. The zero-order valence-corrected chi connectivity index (χ0v) is 8.41. The zero-order chi connectivity index (χ0) is 9.84. The summed E-state index contributed by atoms with van der Waals surface area (Å²) in [6.45, 7) is 6.69. The van der Waals surface area contributed by atoms with E-state index in [-0.39, 0.29) is 18.4 Å². The number of ether oxygens (including phenoxy) is 2. The van der Waals surface area contributed by atoms with Gasteiger partial charge < -0.3 is 15.2 Å². The van der Waals surface area contributed by atoms with Crippen LogP contribution in [0.2, 0.25) is 0 Å². The lowest BCUT2D eigenvalue weighted by molar-refractivity contribution is 0.0342. The number of nitrogens with two attached hydrogens (primary N) is 1. The third kappa shape index (κ3) is 3.35. The van der Waals surface area contributed by atoms with Gasteiger partial charge in [-0.05, 0) is 12.8 Å². The van der Waals surface area contributed by atoms with Crippen LogP contribution in [0.1, 0.15) is 20.8 Å². The van der Waals surface area contributed by atoms with E-state index in [4.69, 9.17) is 15.2 Å². The van der Waals surface area contributed by atoms with Crippen LogP contribution in [0, 0.1) is 17.8 Å². The average Bonchev–Trinajstić information content (AvgIpc) is 2.80. The van der Waals surface area contributed by atoms with Gasteiger partial charge in [0.15, 0.2) is 6.29 Å². The van der Waals surface area contributed by atoms with Gasteiger partial charge in [-0.1, -0.05) is 19.8 Å². The molecule has 0 amide bonds. The Morgan fingerprint density at radius 3 is 2.77 bits per heavy atom. The van der Waals surface area contributed by atoms with Gasteiger partial charge in [-0.3, -0.25) is 0 Å². The molecule has 1 saturated heterocycles. The number of hydrogen-bond donors (Lipinski definition) is 1. The molecule has 0 aliphatic carbocycles. The van der Waals surface area contributed by atoms with E-state index in [9.17, 15) is 0 Å². The molecular formula is C10H17NO2. The second-order valence-corrected chi connectivity index (χ2v) is 3.62. The highest BCUT2D eigenvalue weighted by molar-refractivity contribution is 5.11. The van der Waals surface area contributed by atoms with E-state index in [0.29, 0.717) is 12.5 Å². The number of hydrogen-bond acceptors (Lipinski definition) is 3. The quantitative estimate of drug-likeness (QED) is 0.516. The summed E-state index contributed by atoms with van der Waals surface area (Å²) >= 11 is 0. The maximum atomic E-state index is 5.71. The summed E-state index contributed by atoms with van der Waals surface area (Å²) in [7, 11) is 0. The maximum Gasteiger partial charge on any atom is 0.187 e. The van der Waals surface area contributed by atoms with Gasteiger partial charge in [-0.15, -0.1) is 5.92 Å². The van der Waals surface area contributed by atoms with Crippen molar-refractivity contribution in [2.45, 2.75) is 39.2 Å². The van der Waals surface area contributed by atoms with Crippen molar-refractivity contribution in [2.24, 2.45) is 11.7 Å². The molecule has 0 spiro atoms. The SMILES string of the molecule is CC#C[C@H](N)C1OC1OCC(C)C. The minimum atomic E-state index is -0.206. The van der Waals surface area contributed by atoms with E-state index >= 15 is 0 Å². The van der Waals surface area contributed by atoms with Gasteiger partial charge in [0.2, 0.25) is 0 Å². The van der Waals surface area contributed by atoms with Crippen molar-refractivity contribution in [1.29, 1.82) is 0 Å². The van der Waals surface area contributed by atoms with Gasteiger partial charge in [-0.2, -0.15) is 0 Å². The Hall–Kier alpha value is -0.560. The van der Waals surface area contributed by atoms with Crippen LogP contribution in [0.15, 0.2) is 0 Å². The Labute approximate surface area is 79.6 Å². The summed E-state index contributed by atoms with van der Waals surface area (Å²) in [5.74, 6) is 6.14. The van der Waals surface area contributed by atoms with E-state index in [1.54, 1.807) is 6.92 Å². The van der Waals surface area contributed by atoms with Crippen molar-refractivity contribution in [3.05, 3.63) is 0 Å². The first kappa shape index (κ1) is 10.5. The lowest BCUT2D eigenvalue weighted by atomic mass is 10.2. The van der Waals surface area contributed by atoms with E-state index in [1.807, 2.05) is 0 Å².